The summed E-state index contributed by atoms with van der Waals surface area (Å²) in [6.45, 7) is 1.95. The van der Waals surface area contributed by atoms with Gasteiger partial charge in [-0.1, -0.05) is 24.3 Å². The Balaban J connectivity index is 1.78. The molecule has 0 bridgehead atoms. The van der Waals surface area contributed by atoms with E-state index in [0.717, 1.165) is 16.8 Å². The maximum Gasteiger partial charge on any atom is 0.248 e. The summed E-state index contributed by atoms with van der Waals surface area (Å²) in [6, 6.07) is 11.1. The number of anilines is 2. The molecule has 0 spiro atoms. The molecule has 0 saturated carbocycles. The Morgan fingerprint density at radius 2 is 1.88 bits per heavy atom. The van der Waals surface area contributed by atoms with Gasteiger partial charge in [-0.2, -0.15) is 0 Å². The average molecular weight is 338 g/mol. The molecule has 1 aromatic carbocycles. The van der Waals surface area contributed by atoms with E-state index in [-0.39, 0.29) is 11.8 Å². The molecule has 0 saturated heterocycles. The molecule has 1 unspecified atom stereocenters. The zero-order valence-electron chi connectivity index (χ0n) is 14.7. The number of carbonyl (C=O) groups excluding carboxylic acids is 2. The molecule has 0 radical (unpaired) electrons. The Morgan fingerprint density at radius 1 is 1.16 bits per heavy atom. The van der Waals surface area contributed by atoms with E-state index < -0.39 is 6.04 Å². The number of amides is 2. The van der Waals surface area contributed by atoms with E-state index in [0.29, 0.717) is 18.8 Å². The number of nitrogens with one attached hydrogen (secondary N) is 1. The predicted octanol–water partition coefficient (Wildman–Crippen LogP) is 2.06. The molecule has 25 heavy (non-hydrogen) atoms. The fourth-order valence-corrected chi connectivity index (χ4v) is 3.02. The number of carbonyl (C=O) groups is 2. The maximum atomic E-state index is 12.8. The van der Waals surface area contributed by atoms with Crippen LogP contribution in [-0.4, -0.2) is 41.8 Å². The lowest BCUT2D eigenvalue weighted by Gasteiger charge is -2.35. The number of rotatable bonds is 3. The highest BCUT2D eigenvalue weighted by molar-refractivity contribution is 5.96. The van der Waals surface area contributed by atoms with Gasteiger partial charge in [-0.05, 0) is 23.3 Å². The van der Waals surface area contributed by atoms with Gasteiger partial charge in [0.2, 0.25) is 11.8 Å². The zero-order valence-corrected chi connectivity index (χ0v) is 14.7. The minimum atomic E-state index is -0.525. The van der Waals surface area contributed by atoms with Crippen molar-refractivity contribution in [2.45, 2.75) is 25.9 Å². The molecule has 2 heterocycles. The van der Waals surface area contributed by atoms with Crippen molar-refractivity contribution in [3.63, 3.8) is 0 Å². The van der Waals surface area contributed by atoms with Gasteiger partial charge in [-0.15, -0.1) is 0 Å². The molecule has 2 aromatic rings. The molecule has 3 rings (SSSR count). The number of fused-ring (bicyclic) bond motifs is 1. The number of benzene rings is 1. The topological polar surface area (TPSA) is 65.5 Å². The van der Waals surface area contributed by atoms with Crippen LogP contribution < -0.4 is 10.2 Å². The fourth-order valence-electron chi connectivity index (χ4n) is 3.02. The van der Waals surface area contributed by atoms with Crippen LogP contribution in [0.1, 0.15) is 18.1 Å². The molecule has 1 aliphatic rings. The molecule has 1 aliphatic heterocycles. The highest BCUT2D eigenvalue weighted by Crippen LogP contribution is 2.24. The summed E-state index contributed by atoms with van der Waals surface area (Å²) in [5.41, 5.74) is 3.15. The summed E-state index contributed by atoms with van der Waals surface area (Å²) in [4.78, 5) is 32.6. The standard InChI is InChI=1S/C19H22N4O2/c1-13(24)23-12-15-7-5-4-6-14(15)10-17(23)19(25)21-18-9-8-16(11-20-18)22(2)3/h4-9,11,17H,10,12H2,1-3H3,(H,20,21,25). The van der Waals surface area contributed by atoms with Gasteiger partial charge < -0.3 is 15.1 Å². The van der Waals surface area contributed by atoms with E-state index in [4.69, 9.17) is 0 Å². The Labute approximate surface area is 147 Å². The first-order valence-electron chi connectivity index (χ1n) is 8.24. The molecule has 1 atom stereocenters. The lowest BCUT2D eigenvalue weighted by Crippen LogP contribution is -2.50. The van der Waals surface area contributed by atoms with Gasteiger partial charge in [-0.3, -0.25) is 9.59 Å². The smallest absolute Gasteiger partial charge is 0.248 e. The van der Waals surface area contributed by atoms with Gasteiger partial charge in [0.25, 0.3) is 0 Å². The molecule has 2 amide bonds. The van der Waals surface area contributed by atoms with Crippen LogP contribution in [-0.2, 0) is 22.6 Å². The minimum Gasteiger partial charge on any atom is -0.376 e. The number of aromatic nitrogens is 1. The summed E-state index contributed by atoms with van der Waals surface area (Å²) in [5, 5.41) is 2.83. The van der Waals surface area contributed by atoms with Gasteiger partial charge >= 0.3 is 0 Å². The van der Waals surface area contributed by atoms with Crippen LogP contribution in [0.3, 0.4) is 0 Å². The van der Waals surface area contributed by atoms with Crippen molar-refractivity contribution in [2.24, 2.45) is 0 Å². The van der Waals surface area contributed by atoms with Crippen LogP contribution in [0.2, 0.25) is 0 Å². The fraction of sp³-hybridized carbons (Fsp3) is 0.316. The van der Waals surface area contributed by atoms with Crippen LogP contribution in [0, 0.1) is 0 Å². The minimum absolute atomic E-state index is 0.106. The van der Waals surface area contributed by atoms with E-state index >= 15 is 0 Å². The summed E-state index contributed by atoms with van der Waals surface area (Å²) in [6.07, 6.45) is 2.21. The lowest BCUT2D eigenvalue weighted by molar-refractivity contribution is -0.138. The zero-order chi connectivity index (χ0) is 18.0. The molecule has 0 aliphatic carbocycles. The van der Waals surface area contributed by atoms with E-state index in [2.05, 4.69) is 10.3 Å². The number of hydrogen-bond donors (Lipinski definition) is 1. The third-order valence-corrected chi connectivity index (χ3v) is 4.47. The van der Waals surface area contributed by atoms with Gasteiger partial charge in [0.1, 0.15) is 11.9 Å². The number of hydrogen-bond acceptors (Lipinski definition) is 4. The third-order valence-electron chi connectivity index (χ3n) is 4.47. The monoisotopic (exact) mass is 338 g/mol. The van der Waals surface area contributed by atoms with Crippen LogP contribution in [0.4, 0.5) is 11.5 Å². The van der Waals surface area contributed by atoms with Crippen molar-refractivity contribution >= 4 is 23.3 Å². The Bertz CT molecular complexity index is 786. The van der Waals surface area contributed by atoms with Gasteiger partial charge in [0.15, 0.2) is 0 Å². The normalized spacial score (nSPS) is 16.1. The van der Waals surface area contributed by atoms with Gasteiger partial charge in [0.05, 0.1) is 11.9 Å². The largest absolute Gasteiger partial charge is 0.376 e. The van der Waals surface area contributed by atoms with Crippen LogP contribution in [0.5, 0.6) is 0 Å². The van der Waals surface area contributed by atoms with Crippen molar-refractivity contribution in [3.05, 3.63) is 53.7 Å². The van der Waals surface area contributed by atoms with Crippen molar-refractivity contribution in [2.75, 3.05) is 24.3 Å². The van der Waals surface area contributed by atoms with E-state index in [9.17, 15) is 9.59 Å². The second-order valence-corrected chi connectivity index (χ2v) is 6.42. The molecule has 1 aromatic heterocycles. The first kappa shape index (κ1) is 17.0. The van der Waals surface area contributed by atoms with E-state index in [1.54, 1.807) is 17.2 Å². The van der Waals surface area contributed by atoms with Crippen LogP contribution in [0.25, 0.3) is 0 Å². The first-order chi connectivity index (χ1) is 12.0. The summed E-state index contributed by atoms with van der Waals surface area (Å²) >= 11 is 0. The predicted molar refractivity (Wildman–Crippen MR) is 97.4 cm³/mol. The second-order valence-electron chi connectivity index (χ2n) is 6.42. The van der Waals surface area contributed by atoms with E-state index in [1.807, 2.05) is 49.3 Å². The average Bonchev–Trinajstić information content (AvgIpc) is 2.61. The molecule has 6 heteroatoms. The van der Waals surface area contributed by atoms with Crippen LogP contribution >= 0.6 is 0 Å². The molecule has 130 valence electrons. The van der Waals surface area contributed by atoms with Gasteiger partial charge in [-0.25, -0.2) is 4.98 Å². The first-order valence-corrected chi connectivity index (χ1v) is 8.24. The van der Waals surface area contributed by atoms with Crippen molar-refractivity contribution < 1.29 is 9.59 Å². The van der Waals surface area contributed by atoms with Crippen molar-refractivity contribution in [1.82, 2.24) is 9.88 Å². The van der Waals surface area contributed by atoms with E-state index in [1.165, 1.54) is 6.92 Å². The maximum absolute atomic E-state index is 12.8. The number of nitrogens with zero attached hydrogens (tertiary/aromatic N) is 3. The molecule has 1 N–H and O–H groups in total. The quantitative estimate of drug-likeness (QED) is 0.930. The molecule has 6 nitrogen and oxygen atoms in total. The Hall–Kier alpha value is -2.89. The van der Waals surface area contributed by atoms with Crippen LogP contribution in [0.15, 0.2) is 42.6 Å². The summed E-state index contributed by atoms with van der Waals surface area (Å²) in [5.74, 6) is 0.165. The number of pyridine rings is 1. The highest BCUT2D eigenvalue weighted by Gasteiger charge is 2.33. The SMILES string of the molecule is CC(=O)N1Cc2ccccc2CC1C(=O)Nc1ccc(N(C)C)cn1. The summed E-state index contributed by atoms with van der Waals surface area (Å²) in [7, 11) is 3.86. The third kappa shape index (κ3) is 3.63. The molecule has 0 fully saturated rings. The Morgan fingerprint density at radius 3 is 2.48 bits per heavy atom. The lowest BCUT2D eigenvalue weighted by atomic mass is 9.93. The highest BCUT2D eigenvalue weighted by atomic mass is 16.2. The second kappa shape index (κ2) is 6.93. The van der Waals surface area contributed by atoms with Crippen molar-refractivity contribution in [3.8, 4) is 0 Å². The molecular weight excluding hydrogens is 316 g/mol. The van der Waals surface area contributed by atoms with Gasteiger partial charge in [0, 0.05) is 34.0 Å². The van der Waals surface area contributed by atoms with Crippen molar-refractivity contribution in [1.29, 1.82) is 0 Å². The molecular formula is C19H22N4O2. The Kier molecular flexibility index (Phi) is 4.70. The summed E-state index contributed by atoms with van der Waals surface area (Å²) < 4.78 is 0.